The van der Waals surface area contributed by atoms with E-state index in [2.05, 4.69) is 4.98 Å². The highest BCUT2D eigenvalue weighted by Crippen LogP contribution is 2.28. The Labute approximate surface area is 95.7 Å². The first-order valence-corrected chi connectivity index (χ1v) is 4.85. The zero-order valence-corrected chi connectivity index (χ0v) is 8.99. The van der Waals surface area contributed by atoms with Crippen LogP contribution >= 0.6 is 0 Å². The number of hydrogen-bond acceptors (Lipinski definition) is 2. The molecule has 0 amide bonds. The van der Waals surface area contributed by atoms with Crippen LogP contribution in [0.1, 0.15) is 11.3 Å². The Kier molecular flexibility index (Phi) is 2.57. The van der Waals surface area contributed by atoms with Crippen molar-refractivity contribution in [2.75, 3.05) is 5.73 Å². The molecule has 2 rings (SSSR count). The van der Waals surface area contributed by atoms with E-state index in [1.54, 1.807) is 25.1 Å². The van der Waals surface area contributed by atoms with E-state index in [9.17, 15) is 13.2 Å². The number of aromatic nitrogens is 2. The summed E-state index contributed by atoms with van der Waals surface area (Å²) in [6, 6.07) is 4.99. The predicted octanol–water partition coefficient (Wildman–Crippen LogP) is 2.78. The van der Waals surface area contributed by atoms with Crippen molar-refractivity contribution in [3.63, 3.8) is 0 Å². The molecule has 1 aromatic heterocycles. The number of hydrogen-bond donors (Lipinski definition) is 1. The number of alkyl halides is 3. The topological polar surface area (TPSA) is 43.8 Å². The van der Waals surface area contributed by atoms with Crippen molar-refractivity contribution in [2.24, 2.45) is 0 Å². The number of aryl methyl sites for hydroxylation is 1. The maximum absolute atomic E-state index is 12.4. The minimum atomic E-state index is -4.42. The number of imidazole rings is 1. The largest absolute Gasteiger partial charge is 0.434 e. The van der Waals surface area contributed by atoms with Crippen molar-refractivity contribution < 1.29 is 13.2 Å². The van der Waals surface area contributed by atoms with E-state index in [4.69, 9.17) is 5.73 Å². The fourth-order valence-electron chi connectivity index (χ4n) is 1.57. The van der Waals surface area contributed by atoms with Gasteiger partial charge in [0.05, 0.1) is 6.33 Å². The maximum Gasteiger partial charge on any atom is 0.434 e. The molecule has 0 saturated carbocycles. The smallest absolute Gasteiger partial charge is 0.399 e. The molecule has 0 fully saturated rings. The molecule has 6 heteroatoms. The Morgan fingerprint density at radius 3 is 2.53 bits per heavy atom. The molecule has 0 radical (unpaired) electrons. The van der Waals surface area contributed by atoms with Gasteiger partial charge in [0.2, 0.25) is 0 Å². The Morgan fingerprint density at radius 2 is 2.00 bits per heavy atom. The van der Waals surface area contributed by atoms with Gasteiger partial charge in [-0.1, -0.05) is 0 Å². The summed E-state index contributed by atoms with van der Waals surface area (Å²) >= 11 is 0. The molecule has 3 nitrogen and oxygen atoms in total. The Balaban J connectivity index is 2.44. The van der Waals surface area contributed by atoms with E-state index in [1.807, 2.05) is 0 Å². The second-order valence-corrected chi connectivity index (χ2v) is 3.71. The highest BCUT2D eigenvalue weighted by Gasteiger charge is 2.33. The normalized spacial score (nSPS) is 11.8. The van der Waals surface area contributed by atoms with Crippen LogP contribution in [0.4, 0.5) is 18.9 Å². The highest BCUT2D eigenvalue weighted by molar-refractivity contribution is 5.51. The molecule has 0 aliphatic carbocycles. The third kappa shape index (κ3) is 2.25. The number of anilines is 1. The van der Waals surface area contributed by atoms with Crippen LogP contribution in [0.15, 0.2) is 30.7 Å². The van der Waals surface area contributed by atoms with Gasteiger partial charge in [0.25, 0.3) is 0 Å². The Hall–Kier alpha value is -1.98. The Bertz CT molecular complexity index is 543. The summed E-state index contributed by atoms with van der Waals surface area (Å²) in [6.45, 7) is 1.78. The van der Waals surface area contributed by atoms with Crippen LogP contribution in [0.5, 0.6) is 0 Å². The standard InChI is InChI=1S/C11H10F3N3/c1-7-4-8(15)2-3-9(7)17-5-10(16-6-17)11(12,13)14/h2-6H,15H2,1H3. The summed E-state index contributed by atoms with van der Waals surface area (Å²) in [4.78, 5) is 3.33. The molecule has 1 heterocycles. The van der Waals surface area contributed by atoms with Crippen molar-refractivity contribution in [3.05, 3.63) is 42.0 Å². The maximum atomic E-state index is 12.4. The third-order valence-electron chi connectivity index (χ3n) is 2.37. The van der Waals surface area contributed by atoms with Crippen molar-refractivity contribution in [1.82, 2.24) is 9.55 Å². The molecule has 0 unspecified atom stereocenters. The second kappa shape index (κ2) is 3.80. The minimum Gasteiger partial charge on any atom is -0.399 e. The zero-order chi connectivity index (χ0) is 12.6. The van der Waals surface area contributed by atoms with Crippen molar-refractivity contribution in [2.45, 2.75) is 13.1 Å². The van der Waals surface area contributed by atoms with Crippen LogP contribution in [0.2, 0.25) is 0 Å². The van der Waals surface area contributed by atoms with Crippen LogP contribution in [0, 0.1) is 6.92 Å². The number of benzene rings is 1. The predicted molar refractivity (Wildman–Crippen MR) is 57.7 cm³/mol. The van der Waals surface area contributed by atoms with Gasteiger partial charge in [-0.15, -0.1) is 0 Å². The highest BCUT2D eigenvalue weighted by atomic mass is 19.4. The van der Waals surface area contributed by atoms with Crippen molar-refractivity contribution in [3.8, 4) is 5.69 Å². The molecule has 17 heavy (non-hydrogen) atoms. The van der Waals surface area contributed by atoms with E-state index in [1.165, 1.54) is 4.57 Å². The van der Waals surface area contributed by atoms with Gasteiger partial charge in [-0.3, -0.25) is 0 Å². The van der Waals surface area contributed by atoms with Gasteiger partial charge in [-0.25, -0.2) is 4.98 Å². The summed E-state index contributed by atoms with van der Waals surface area (Å²) in [5.41, 5.74) is 6.65. The van der Waals surface area contributed by atoms with Gasteiger partial charge in [0, 0.05) is 17.6 Å². The number of halogens is 3. The molecule has 0 saturated heterocycles. The first-order valence-electron chi connectivity index (χ1n) is 4.85. The van der Waals surface area contributed by atoms with Gasteiger partial charge in [-0.2, -0.15) is 13.2 Å². The van der Waals surface area contributed by atoms with Crippen LogP contribution in [0.3, 0.4) is 0 Å². The average molecular weight is 241 g/mol. The summed E-state index contributed by atoms with van der Waals surface area (Å²) < 4.78 is 38.5. The fraction of sp³-hybridized carbons (Fsp3) is 0.182. The first kappa shape index (κ1) is 11.5. The van der Waals surface area contributed by atoms with Gasteiger partial charge in [-0.05, 0) is 30.7 Å². The molecule has 2 aromatic rings. The van der Waals surface area contributed by atoms with Crippen LogP contribution < -0.4 is 5.73 Å². The molecule has 90 valence electrons. The monoisotopic (exact) mass is 241 g/mol. The Morgan fingerprint density at radius 1 is 1.29 bits per heavy atom. The molecule has 0 spiro atoms. The van der Waals surface area contributed by atoms with Crippen molar-refractivity contribution >= 4 is 5.69 Å². The summed E-state index contributed by atoms with van der Waals surface area (Å²) in [5, 5.41) is 0. The first-order chi connectivity index (χ1) is 7.88. The quantitative estimate of drug-likeness (QED) is 0.780. The number of nitrogen functional groups attached to an aromatic ring is 1. The van der Waals surface area contributed by atoms with E-state index in [-0.39, 0.29) is 0 Å². The third-order valence-corrected chi connectivity index (χ3v) is 2.37. The van der Waals surface area contributed by atoms with Gasteiger partial charge < -0.3 is 10.3 Å². The lowest BCUT2D eigenvalue weighted by Gasteiger charge is -2.07. The SMILES string of the molecule is Cc1cc(N)ccc1-n1cnc(C(F)(F)F)c1. The van der Waals surface area contributed by atoms with E-state index >= 15 is 0 Å². The summed E-state index contributed by atoms with van der Waals surface area (Å²) in [7, 11) is 0. The molecule has 0 aliphatic heterocycles. The van der Waals surface area contributed by atoms with E-state index < -0.39 is 11.9 Å². The van der Waals surface area contributed by atoms with Crippen LogP contribution in [0.25, 0.3) is 5.69 Å². The lowest BCUT2D eigenvalue weighted by molar-refractivity contribution is -0.140. The van der Waals surface area contributed by atoms with E-state index in [0.717, 1.165) is 18.1 Å². The fourth-order valence-corrected chi connectivity index (χ4v) is 1.57. The van der Waals surface area contributed by atoms with Gasteiger partial charge >= 0.3 is 6.18 Å². The lowest BCUT2D eigenvalue weighted by atomic mass is 10.2. The molecule has 0 bridgehead atoms. The van der Waals surface area contributed by atoms with Crippen LogP contribution in [-0.4, -0.2) is 9.55 Å². The molecule has 0 atom stereocenters. The number of rotatable bonds is 1. The van der Waals surface area contributed by atoms with Crippen molar-refractivity contribution in [1.29, 1.82) is 0 Å². The molecular formula is C11H10F3N3. The zero-order valence-electron chi connectivity index (χ0n) is 8.99. The summed E-state index contributed by atoms with van der Waals surface area (Å²) in [5.74, 6) is 0. The summed E-state index contributed by atoms with van der Waals surface area (Å²) in [6.07, 6.45) is -2.33. The van der Waals surface area contributed by atoms with Gasteiger partial charge in [0.1, 0.15) is 0 Å². The molecule has 2 N–H and O–H groups in total. The van der Waals surface area contributed by atoms with Crippen LogP contribution in [-0.2, 0) is 6.18 Å². The number of nitrogens with two attached hydrogens (primary N) is 1. The average Bonchev–Trinajstić information content (AvgIpc) is 2.65. The molecular weight excluding hydrogens is 231 g/mol. The lowest BCUT2D eigenvalue weighted by Crippen LogP contribution is -2.05. The number of nitrogens with zero attached hydrogens (tertiary/aromatic N) is 2. The molecule has 1 aromatic carbocycles. The second-order valence-electron chi connectivity index (χ2n) is 3.71. The van der Waals surface area contributed by atoms with Gasteiger partial charge in [0.15, 0.2) is 5.69 Å². The molecule has 0 aliphatic rings. The minimum absolute atomic E-state index is 0.572. The van der Waals surface area contributed by atoms with E-state index in [0.29, 0.717) is 11.4 Å².